The molecule has 0 spiro atoms. The Kier molecular flexibility index (Phi) is 4.83. The lowest BCUT2D eigenvalue weighted by molar-refractivity contribution is -0.116. The smallest absolute Gasteiger partial charge is 0.242 e. The van der Waals surface area contributed by atoms with Crippen LogP contribution in [0.2, 0.25) is 0 Å². The lowest BCUT2D eigenvalue weighted by Crippen LogP contribution is -2.37. The summed E-state index contributed by atoms with van der Waals surface area (Å²) < 4.78 is 0. The number of hydrogen-bond acceptors (Lipinski definition) is 3. The fourth-order valence-electron chi connectivity index (χ4n) is 1.27. The van der Waals surface area contributed by atoms with E-state index >= 15 is 0 Å². The van der Waals surface area contributed by atoms with Crippen LogP contribution in [0.1, 0.15) is 25.3 Å². The average Bonchev–Trinajstić information content (AvgIpc) is 2.28. The van der Waals surface area contributed by atoms with Crippen molar-refractivity contribution < 1.29 is 4.79 Å². The fraction of sp³-hybridized carbons (Fsp3) is 0.417. The molecular weight excluding hydrogens is 220 g/mol. The quantitative estimate of drug-likeness (QED) is 0.703. The maximum Gasteiger partial charge on any atom is 0.242 e. The molecule has 16 heavy (non-hydrogen) atoms. The molecule has 4 heteroatoms. The van der Waals surface area contributed by atoms with Crippen LogP contribution in [0.3, 0.4) is 0 Å². The molecule has 0 radical (unpaired) electrons. The summed E-state index contributed by atoms with van der Waals surface area (Å²) in [5.74, 6) is 0.632. The first kappa shape index (κ1) is 13.1. The van der Waals surface area contributed by atoms with E-state index in [0.29, 0.717) is 11.7 Å². The van der Waals surface area contributed by atoms with Crippen LogP contribution in [0.5, 0.6) is 0 Å². The average molecular weight is 238 g/mol. The van der Waals surface area contributed by atoms with Gasteiger partial charge in [0.15, 0.2) is 0 Å². The summed E-state index contributed by atoms with van der Waals surface area (Å²) in [5, 5.41) is 2.75. The number of nitrogens with two attached hydrogens (primary N) is 1. The second-order valence-corrected chi connectivity index (χ2v) is 4.42. The van der Waals surface area contributed by atoms with Gasteiger partial charge in [-0.05, 0) is 23.6 Å². The Morgan fingerprint density at radius 3 is 2.38 bits per heavy atom. The van der Waals surface area contributed by atoms with Crippen molar-refractivity contribution in [2.24, 2.45) is 5.73 Å². The lowest BCUT2D eigenvalue weighted by Gasteiger charge is -2.11. The minimum atomic E-state index is -0.562. The van der Waals surface area contributed by atoms with Crippen molar-refractivity contribution in [3.63, 3.8) is 0 Å². The number of nitrogens with one attached hydrogen (secondary N) is 1. The topological polar surface area (TPSA) is 55.1 Å². The van der Waals surface area contributed by atoms with Gasteiger partial charge in [0.05, 0.1) is 6.04 Å². The number of carbonyl (C=O) groups is 1. The maximum absolute atomic E-state index is 11.5. The summed E-state index contributed by atoms with van der Waals surface area (Å²) in [4.78, 5) is 11.5. The van der Waals surface area contributed by atoms with Gasteiger partial charge >= 0.3 is 0 Å². The Hall–Kier alpha value is -1.00. The maximum atomic E-state index is 11.5. The van der Waals surface area contributed by atoms with Gasteiger partial charge in [-0.15, -0.1) is 0 Å². The summed E-state index contributed by atoms with van der Waals surface area (Å²) in [6.45, 7) is 4.26. The normalized spacial score (nSPS) is 12.6. The van der Waals surface area contributed by atoms with E-state index in [1.165, 1.54) is 5.56 Å². The molecule has 1 amide bonds. The van der Waals surface area contributed by atoms with E-state index in [9.17, 15) is 4.79 Å². The highest BCUT2D eigenvalue weighted by molar-refractivity contribution is 7.80. The molecule has 1 aromatic rings. The molecule has 0 bridgehead atoms. The molecule has 1 aromatic carbocycles. The highest BCUT2D eigenvalue weighted by Crippen LogP contribution is 2.17. The molecule has 0 saturated heterocycles. The minimum absolute atomic E-state index is 0.202. The molecule has 88 valence electrons. The van der Waals surface area contributed by atoms with E-state index in [1.54, 1.807) is 0 Å². The van der Waals surface area contributed by atoms with Gasteiger partial charge in [-0.2, -0.15) is 12.6 Å². The standard InChI is InChI=1S/C12H18N2OS/c1-8(2)9-3-5-10(6-4-9)14-12(15)11(13)7-16/h3-6,8,11,16H,7,13H2,1-2H3,(H,14,15). The molecule has 1 atom stereocenters. The Balaban J connectivity index is 2.65. The summed E-state index contributed by atoms with van der Waals surface area (Å²) in [6.07, 6.45) is 0. The third kappa shape index (κ3) is 3.54. The molecule has 0 aliphatic carbocycles. The van der Waals surface area contributed by atoms with E-state index < -0.39 is 6.04 Å². The molecule has 0 saturated carbocycles. The highest BCUT2D eigenvalue weighted by atomic mass is 32.1. The monoisotopic (exact) mass is 238 g/mol. The molecule has 1 unspecified atom stereocenters. The number of thiol groups is 1. The van der Waals surface area contributed by atoms with Crippen LogP contribution in [0.4, 0.5) is 5.69 Å². The van der Waals surface area contributed by atoms with Crippen molar-refractivity contribution in [1.82, 2.24) is 0 Å². The SMILES string of the molecule is CC(C)c1ccc(NC(=O)C(N)CS)cc1. The first-order chi connectivity index (χ1) is 7.54. The molecule has 0 aromatic heterocycles. The van der Waals surface area contributed by atoms with Gasteiger partial charge in [0.25, 0.3) is 0 Å². The van der Waals surface area contributed by atoms with Crippen LogP contribution >= 0.6 is 12.6 Å². The zero-order chi connectivity index (χ0) is 12.1. The zero-order valence-corrected chi connectivity index (χ0v) is 10.5. The van der Waals surface area contributed by atoms with Crippen LogP contribution < -0.4 is 11.1 Å². The number of amides is 1. The Morgan fingerprint density at radius 2 is 1.94 bits per heavy atom. The lowest BCUT2D eigenvalue weighted by atomic mass is 10.0. The highest BCUT2D eigenvalue weighted by Gasteiger charge is 2.11. The predicted octanol–water partition coefficient (Wildman–Crippen LogP) is 2.01. The predicted molar refractivity (Wildman–Crippen MR) is 71.0 cm³/mol. The van der Waals surface area contributed by atoms with Crippen molar-refractivity contribution in [2.75, 3.05) is 11.1 Å². The van der Waals surface area contributed by atoms with Gasteiger partial charge in [-0.3, -0.25) is 4.79 Å². The van der Waals surface area contributed by atoms with E-state index in [1.807, 2.05) is 24.3 Å². The summed E-state index contributed by atoms with van der Waals surface area (Å²) in [7, 11) is 0. The molecule has 3 nitrogen and oxygen atoms in total. The molecule has 1 rings (SSSR count). The number of rotatable bonds is 4. The van der Waals surface area contributed by atoms with E-state index in [2.05, 4.69) is 31.8 Å². The van der Waals surface area contributed by atoms with Crippen LogP contribution in [0.15, 0.2) is 24.3 Å². The van der Waals surface area contributed by atoms with Gasteiger partial charge in [0.2, 0.25) is 5.91 Å². The van der Waals surface area contributed by atoms with Crippen molar-refractivity contribution in [1.29, 1.82) is 0 Å². The van der Waals surface area contributed by atoms with Crippen molar-refractivity contribution in [3.05, 3.63) is 29.8 Å². The van der Waals surface area contributed by atoms with Gasteiger partial charge in [-0.1, -0.05) is 26.0 Å². The minimum Gasteiger partial charge on any atom is -0.325 e. The summed E-state index contributed by atoms with van der Waals surface area (Å²) >= 11 is 3.98. The third-order valence-electron chi connectivity index (χ3n) is 2.38. The first-order valence-electron chi connectivity index (χ1n) is 5.32. The molecule has 0 aliphatic heterocycles. The third-order valence-corrected chi connectivity index (χ3v) is 2.77. The number of benzene rings is 1. The van der Waals surface area contributed by atoms with E-state index in [0.717, 1.165) is 5.69 Å². The first-order valence-corrected chi connectivity index (χ1v) is 5.95. The number of anilines is 1. The van der Waals surface area contributed by atoms with Crippen molar-refractivity contribution >= 4 is 24.2 Å². The molecular formula is C12H18N2OS. The Bertz CT molecular complexity index is 349. The van der Waals surface area contributed by atoms with Crippen LogP contribution in [0.25, 0.3) is 0 Å². The van der Waals surface area contributed by atoms with E-state index in [4.69, 9.17) is 5.73 Å². The molecule has 3 N–H and O–H groups in total. The Labute approximate surface area is 102 Å². The summed E-state index contributed by atoms with van der Waals surface area (Å²) in [5.41, 5.74) is 7.57. The second-order valence-electron chi connectivity index (χ2n) is 4.06. The zero-order valence-electron chi connectivity index (χ0n) is 9.60. The summed E-state index contributed by atoms with van der Waals surface area (Å²) in [6, 6.07) is 7.23. The largest absolute Gasteiger partial charge is 0.325 e. The van der Waals surface area contributed by atoms with Crippen molar-refractivity contribution in [2.45, 2.75) is 25.8 Å². The Morgan fingerprint density at radius 1 is 1.38 bits per heavy atom. The second kappa shape index (κ2) is 5.92. The fourth-order valence-corrected chi connectivity index (χ4v) is 1.44. The van der Waals surface area contributed by atoms with Crippen LogP contribution in [-0.4, -0.2) is 17.7 Å². The van der Waals surface area contributed by atoms with Crippen LogP contribution in [-0.2, 0) is 4.79 Å². The molecule has 0 aliphatic rings. The van der Waals surface area contributed by atoms with E-state index in [-0.39, 0.29) is 5.91 Å². The van der Waals surface area contributed by atoms with Gasteiger partial charge in [0, 0.05) is 11.4 Å². The van der Waals surface area contributed by atoms with Crippen molar-refractivity contribution in [3.8, 4) is 0 Å². The van der Waals surface area contributed by atoms with Crippen LogP contribution in [0, 0.1) is 0 Å². The van der Waals surface area contributed by atoms with Gasteiger partial charge in [0.1, 0.15) is 0 Å². The van der Waals surface area contributed by atoms with Gasteiger partial charge < -0.3 is 11.1 Å². The number of carbonyl (C=O) groups excluding carboxylic acids is 1. The molecule has 0 heterocycles. The number of hydrogen-bond donors (Lipinski definition) is 3. The van der Waals surface area contributed by atoms with Gasteiger partial charge in [-0.25, -0.2) is 0 Å². The molecule has 0 fully saturated rings.